The Hall–Kier alpha value is -3.09. The first-order chi connectivity index (χ1) is 14.2. The maximum absolute atomic E-state index is 13.1. The highest BCUT2D eigenvalue weighted by atomic mass is 16.3. The van der Waals surface area contributed by atoms with Gasteiger partial charge >= 0.3 is 6.03 Å². The van der Waals surface area contributed by atoms with Crippen molar-refractivity contribution >= 4 is 6.03 Å². The van der Waals surface area contributed by atoms with Crippen LogP contribution in [-0.4, -0.2) is 32.7 Å². The van der Waals surface area contributed by atoms with Gasteiger partial charge in [-0.25, -0.2) is 14.5 Å². The standard InChI is InChI=1S/C23H29N5O2/c1-15-10-19-20(11-23(3,4)12-21(19)30-15)26-22(29)27(5)16(2)17-6-8-18(9-7-17)28-14-24-13-25-28/h6-10,13-14,16,20H,11-12H2,1-5H3,(H,26,29). The number of hydrogen-bond donors (Lipinski definition) is 1. The quantitative estimate of drug-likeness (QED) is 0.687. The van der Waals surface area contributed by atoms with Crippen molar-refractivity contribution in [3.05, 3.63) is 65.6 Å². The Labute approximate surface area is 177 Å². The molecule has 2 amide bonds. The number of benzene rings is 1. The summed E-state index contributed by atoms with van der Waals surface area (Å²) in [6.45, 7) is 8.43. The number of aryl methyl sites for hydroxylation is 1. The molecule has 2 atom stereocenters. The van der Waals surface area contributed by atoms with Crippen molar-refractivity contribution in [1.29, 1.82) is 0 Å². The van der Waals surface area contributed by atoms with E-state index in [0.717, 1.165) is 41.2 Å². The fourth-order valence-electron chi connectivity index (χ4n) is 4.21. The van der Waals surface area contributed by atoms with E-state index < -0.39 is 0 Å². The summed E-state index contributed by atoms with van der Waals surface area (Å²) in [5.41, 5.74) is 3.18. The Balaban J connectivity index is 1.47. The average Bonchev–Trinajstić information content (AvgIpc) is 3.35. The summed E-state index contributed by atoms with van der Waals surface area (Å²) in [6.07, 6.45) is 4.95. The predicted octanol–water partition coefficient (Wildman–Crippen LogP) is 4.58. The molecular formula is C23H29N5O2. The van der Waals surface area contributed by atoms with Crippen LogP contribution in [0.2, 0.25) is 0 Å². The zero-order valence-corrected chi connectivity index (χ0v) is 18.2. The molecule has 0 radical (unpaired) electrons. The molecule has 2 aromatic heterocycles. The van der Waals surface area contributed by atoms with Gasteiger partial charge in [0, 0.05) is 19.0 Å². The van der Waals surface area contributed by atoms with Crippen LogP contribution in [0.15, 0.2) is 47.4 Å². The van der Waals surface area contributed by atoms with Gasteiger partial charge in [0.1, 0.15) is 24.2 Å². The van der Waals surface area contributed by atoms with Crippen LogP contribution in [0.5, 0.6) is 0 Å². The summed E-state index contributed by atoms with van der Waals surface area (Å²) in [5.74, 6) is 1.89. The molecule has 0 saturated heterocycles. The van der Waals surface area contributed by atoms with E-state index in [1.807, 2.05) is 45.2 Å². The van der Waals surface area contributed by atoms with Crippen molar-refractivity contribution in [2.24, 2.45) is 5.41 Å². The number of nitrogens with zero attached hydrogens (tertiary/aromatic N) is 4. The van der Waals surface area contributed by atoms with Crippen molar-refractivity contribution in [1.82, 2.24) is 25.0 Å². The molecule has 4 rings (SSSR count). The maximum atomic E-state index is 13.1. The maximum Gasteiger partial charge on any atom is 0.318 e. The fourth-order valence-corrected chi connectivity index (χ4v) is 4.21. The number of fused-ring (bicyclic) bond motifs is 1. The molecule has 7 heteroatoms. The van der Waals surface area contributed by atoms with Gasteiger partial charge in [-0.15, -0.1) is 0 Å². The molecule has 0 aliphatic heterocycles. The first-order valence-electron chi connectivity index (χ1n) is 10.3. The molecule has 0 fully saturated rings. The third kappa shape index (κ3) is 3.97. The normalized spacial score (nSPS) is 18.5. The molecule has 30 heavy (non-hydrogen) atoms. The summed E-state index contributed by atoms with van der Waals surface area (Å²) in [5, 5.41) is 7.38. The topological polar surface area (TPSA) is 76.2 Å². The van der Waals surface area contributed by atoms with Gasteiger partial charge in [0.25, 0.3) is 0 Å². The van der Waals surface area contributed by atoms with Crippen LogP contribution >= 0.6 is 0 Å². The minimum absolute atomic E-state index is 0.0435. The Morgan fingerprint density at radius 2 is 2.07 bits per heavy atom. The van der Waals surface area contributed by atoms with Crippen LogP contribution in [0.1, 0.15) is 61.9 Å². The van der Waals surface area contributed by atoms with E-state index in [-0.39, 0.29) is 23.5 Å². The van der Waals surface area contributed by atoms with Crippen molar-refractivity contribution in [3.63, 3.8) is 0 Å². The van der Waals surface area contributed by atoms with Crippen molar-refractivity contribution < 1.29 is 9.21 Å². The molecule has 2 heterocycles. The molecule has 3 aromatic rings. The second-order valence-corrected chi connectivity index (χ2v) is 9.00. The van der Waals surface area contributed by atoms with Crippen LogP contribution in [0, 0.1) is 12.3 Å². The van der Waals surface area contributed by atoms with Crippen molar-refractivity contribution in [2.45, 2.75) is 52.6 Å². The number of rotatable bonds is 4. The molecule has 0 spiro atoms. The molecule has 1 aliphatic rings. The smallest absolute Gasteiger partial charge is 0.318 e. The number of urea groups is 1. The number of aromatic nitrogens is 3. The van der Waals surface area contributed by atoms with Crippen LogP contribution in [0.3, 0.4) is 0 Å². The molecule has 158 valence electrons. The van der Waals surface area contributed by atoms with Crippen LogP contribution in [0.4, 0.5) is 4.79 Å². The van der Waals surface area contributed by atoms with Gasteiger partial charge < -0.3 is 14.6 Å². The zero-order chi connectivity index (χ0) is 21.5. The largest absolute Gasteiger partial charge is 0.466 e. The van der Waals surface area contributed by atoms with Crippen LogP contribution < -0.4 is 5.32 Å². The number of nitrogens with one attached hydrogen (secondary N) is 1. The van der Waals surface area contributed by atoms with E-state index in [1.165, 1.54) is 6.33 Å². The third-order valence-corrected chi connectivity index (χ3v) is 5.99. The van der Waals surface area contributed by atoms with Gasteiger partial charge in [0.15, 0.2) is 0 Å². The SMILES string of the molecule is Cc1cc2c(o1)CC(C)(C)CC2NC(=O)N(C)C(C)c1ccc(-n2cncn2)cc1. The Kier molecular flexibility index (Phi) is 5.13. The van der Waals surface area contributed by atoms with Gasteiger partial charge in [-0.3, -0.25) is 0 Å². The Morgan fingerprint density at radius 1 is 1.33 bits per heavy atom. The Bertz CT molecular complexity index is 1020. The highest BCUT2D eigenvalue weighted by molar-refractivity contribution is 5.75. The van der Waals surface area contributed by atoms with E-state index in [4.69, 9.17) is 4.42 Å². The lowest BCUT2D eigenvalue weighted by Gasteiger charge is -2.36. The van der Waals surface area contributed by atoms with Gasteiger partial charge in [-0.2, -0.15) is 5.10 Å². The fraction of sp³-hybridized carbons (Fsp3) is 0.435. The molecule has 7 nitrogen and oxygen atoms in total. The highest BCUT2D eigenvalue weighted by Gasteiger charge is 2.36. The van der Waals surface area contributed by atoms with Crippen molar-refractivity contribution in [2.75, 3.05) is 7.05 Å². The average molecular weight is 408 g/mol. The van der Waals surface area contributed by atoms with E-state index in [0.29, 0.717) is 0 Å². The first kappa shape index (κ1) is 20.2. The summed E-state index contributed by atoms with van der Waals surface area (Å²) < 4.78 is 7.60. The molecule has 1 aromatic carbocycles. The van der Waals surface area contributed by atoms with Gasteiger partial charge in [-0.05, 0) is 49.4 Å². The molecule has 1 aliphatic carbocycles. The molecule has 0 bridgehead atoms. The lowest BCUT2D eigenvalue weighted by Crippen LogP contribution is -2.43. The lowest BCUT2D eigenvalue weighted by molar-refractivity contribution is 0.178. The second kappa shape index (κ2) is 7.63. The lowest BCUT2D eigenvalue weighted by atomic mass is 9.75. The minimum atomic E-state index is -0.0876. The number of hydrogen-bond acceptors (Lipinski definition) is 4. The number of amides is 2. The van der Waals surface area contributed by atoms with Gasteiger partial charge in [0.2, 0.25) is 0 Å². The predicted molar refractivity (Wildman–Crippen MR) is 114 cm³/mol. The Morgan fingerprint density at radius 3 is 2.73 bits per heavy atom. The third-order valence-electron chi connectivity index (χ3n) is 5.99. The van der Waals surface area contributed by atoms with Crippen LogP contribution in [0.25, 0.3) is 5.69 Å². The minimum Gasteiger partial charge on any atom is -0.466 e. The van der Waals surface area contributed by atoms with E-state index in [2.05, 4.69) is 35.3 Å². The molecular weight excluding hydrogens is 378 g/mol. The number of carbonyl (C=O) groups excluding carboxylic acids is 1. The molecule has 1 N–H and O–H groups in total. The summed E-state index contributed by atoms with van der Waals surface area (Å²) in [4.78, 5) is 18.8. The highest BCUT2D eigenvalue weighted by Crippen LogP contribution is 2.42. The summed E-state index contributed by atoms with van der Waals surface area (Å²) in [6, 6.07) is 9.86. The van der Waals surface area contributed by atoms with E-state index in [9.17, 15) is 4.79 Å². The van der Waals surface area contributed by atoms with Crippen LogP contribution in [-0.2, 0) is 6.42 Å². The van der Waals surface area contributed by atoms with Gasteiger partial charge in [0.05, 0.1) is 17.8 Å². The monoisotopic (exact) mass is 407 g/mol. The summed E-state index contributed by atoms with van der Waals surface area (Å²) in [7, 11) is 1.83. The van der Waals surface area contributed by atoms with Gasteiger partial charge in [-0.1, -0.05) is 26.0 Å². The second-order valence-electron chi connectivity index (χ2n) is 9.00. The zero-order valence-electron chi connectivity index (χ0n) is 18.2. The van der Waals surface area contributed by atoms with E-state index >= 15 is 0 Å². The van der Waals surface area contributed by atoms with E-state index in [1.54, 1.807) is 15.9 Å². The molecule has 0 saturated carbocycles. The summed E-state index contributed by atoms with van der Waals surface area (Å²) >= 11 is 0. The number of furan rings is 1. The van der Waals surface area contributed by atoms with Crippen molar-refractivity contribution in [3.8, 4) is 5.69 Å². The molecule has 2 unspecified atom stereocenters. The number of carbonyl (C=O) groups is 1. The first-order valence-corrected chi connectivity index (χ1v) is 10.3.